The lowest BCUT2D eigenvalue weighted by atomic mass is 10.1. The molecular formula is C18H29N3O3. The SMILES string of the molecule is COc1ccccc1CNC(=O)[C@@H](C)N1CCO[C@@H](CN(C)C)C1. The number of hydrogen-bond acceptors (Lipinski definition) is 5. The second-order valence-electron chi connectivity index (χ2n) is 6.46. The van der Waals surface area contributed by atoms with Crippen LogP contribution in [-0.4, -0.2) is 75.3 Å². The number of rotatable bonds is 7. The molecule has 1 fully saturated rings. The van der Waals surface area contributed by atoms with Crippen molar-refractivity contribution < 1.29 is 14.3 Å². The summed E-state index contributed by atoms with van der Waals surface area (Å²) in [6.07, 6.45) is 0.151. The summed E-state index contributed by atoms with van der Waals surface area (Å²) in [6.45, 7) is 5.53. The maximum Gasteiger partial charge on any atom is 0.237 e. The van der Waals surface area contributed by atoms with Crippen molar-refractivity contribution in [1.82, 2.24) is 15.1 Å². The Morgan fingerprint density at radius 1 is 1.46 bits per heavy atom. The zero-order valence-electron chi connectivity index (χ0n) is 15.1. The lowest BCUT2D eigenvalue weighted by Gasteiger charge is -2.37. The number of hydrogen-bond donors (Lipinski definition) is 1. The first kappa shape index (κ1) is 18.7. The Hall–Kier alpha value is -1.63. The highest BCUT2D eigenvalue weighted by atomic mass is 16.5. The van der Waals surface area contributed by atoms with Gasteiger partial charge in [0.2, 0.25) is 5.91 Å². The van der Waals surface area contributed by atoms with Crippen LogP contribution in [0.4, 0.5) is 0 Å². The smallest absolute Gasteiger partial charge is 0.237 e. The van der Waals surface area contributed by atoms with E-state index in [1.807, 2.05) is 45.3 Å². The van der Waals surface area contributed by atoms with Gasteiger partial charge in [0.15, 0.2) is 0 Å². The molecule has 0 saturated carbocycles. The van der Waals surface area contributed by atoms with Crippen LogP contribution in [0.3, 0.4) is 0 Å². The molecule has 1 amide bonds. The van der Waals surface area contributed by atoms with Crippen LogP contribution in [0.25, 0.3) is 0 Å². The quantitative estimate of drug-likeness (QED) is 0.804. The summed E-state index contributed by atoms with van der Waals surface area (Å²) in [6, 6.07) is 7.56. The van der Waals surface area contributed by atoms with Crippen LogP contribution >= 0.6 is 0 Å². The fourth-order valence-electron chi connectivity index (χ4n) is 2.96. The van der Waals surface area contributed by atoms with Crippen molar-refractivity contribution in [3.63, 3.8) is 0 Å². The highest BCUT2D eigenvalue weighted by Crippen LogP contribution is 2.17. The van der Waals surface area contributed by atoms with Crippen molar-refractivity contribution in [1.29, 1.82) is 0 Å². The van der Waals surface area contributed by atoms with Gasteiger partial charge in [0.25, 0.3) is 0 Å². The van der Waals surface area contributed by atoms with Crippen LogP contribution in [-0.2, 0) is 16.1 Å². The van der Waals surface area contributed by atoms with E-state index in [9.17, 15) is 4.79 Å². The predicted octanol–water partition coefficient (Wildman–Crippen LogP) is 0.962. The largest absolute Gasteiger partial charge is 0.496 e. The second-order valence-corrected chi connectivity index (χ2v) is 6.46. The molecule has 0 radical (unpaired) electrons. The summed E-state index contributed by atoms with van der Waals surface area (Å²) in [4.78, 5) is 16.8. The van der Waals surface area contributed by atoms with E-state index in [4.69, 9.17) is 9.47 Å². The van der Waals surface area contributed by atoms with E-state index >= 15 is 0 Å². The molecule has 134 valence electrons. The number of nitrogens with one attached hydrogen (secondary N) is 1. The molecular weight excluding hydrogens is 306 g/mol. The van der Waals surface area contributed by atoms with Crippen molar-refractivity contribution >= 4 is 5.91 Å². The molecule has 6 heteroatoms. The lowest BCUT2D eigenvalue weighted by molar-refractivity contribution is -0.129. The molecule has 0 bridgehead atoms. The van der Waals surface area contributed by atoms with E-state index in [1.165, 1.54) is 0 Å². The Morgan fingerprint density at radius 3 is 2.92 bits per heavy atom. The minimum Gasteiger partial charge on any atom is -0.496 e. The van der Waals surface area contributed by atoms with Crippen molar-refractivity contribution in [3.8, 4) is 5.75 Å². The van der Waals surface area contributed by atoms with Crippen molar-refractivity contribution in [3.05, 3.63) is 29.8 Å². The topological polar surface area (TPSA) is 54.0 Å². The second kappa shape index (κ2) is 9.01. The normalized spacial score (nSPS) is 20.0. The van der Waals surface area contributed by atoms with Crippen LogP contribution in [0.2, 0.25) is 0 Å². The molecule has 0 unspecified atom stereocenters. The van der Waals surface area contributed by atoms with Crippen molar-refractivity contribution in [2.75, 3.05) is 47.4 Å². The van der Waals surface area contributed by atoms with E-state index in [1.54, 1.807) is 7.11 Å². The Labute approximate surface area is 144 Å². The standard InChI is InChI=1S/C18H29N3O3/c1-14(21-9-10-24-16(13-21)12-20(2)3)18(22)19-11-15-7-5-6-8-17(15)23-4/h5-8,14,16H,9-13H2,1-4H3,(H,19,22)/t14-,16+/m1/s1. The number of carbonyl (C=O) groups excluding carboxylic acids is 1. The Morgan fingerprint density at radius 2 is 2.21 bits per heavy atom. The summed E-state index contributed by atoms with van der Waals surface area (Å²) in [7, 11) is 5.71. The third-order valence-electron chi connectivity index (χ3n) is 4.31. The maximum absolute atomic E-state index is 12.5. The third-order valence-corrected chi connectivity index (χ3v) is 4.31. The summed E-state index contributed by atoms with van der Waals surface area (Å²) < 4.78 is 11.1. The fourth-order valence-corrected chi connectivity index (χ4v) is 2.96. The summed E-state index contributed by atoms with van der Waals surface area (Å²) in [5.41, 5.74) is 0.980. The molecule has 1 aromatic carbocycles. The number of ether oxygens (including phenoxy) is 2. The van der Waals surface area contributed by atoms with Gasteiger partial charge in [0, 0.05) is 31.7 Å². The highest BCUT2D eigenvalue weighted by molar-refractivity contribution is 5.81. The summed E-state index contributed by atoms with van der Waals surface area (Å²) in [5.74, 6) is 0.828. The molecule has 1 aliphatic heterocycles. The predicted molar refractivity (Wildman–Crippen MR) is 94.2 cm³/mol. The number of benzene rings is 1. The van der Waals surface area contributed by atoms with E-state index in [-0.39, 0.29) is 18.1 Å². The fraction of sp³-hybridized carbons (Fsp3) is 0.611. The third kappa shape index (κ3) is 5.19. The highest BCUT2D eigenvalue weighted by Gasteiger charge is 2.28. The summed E-state index contributed by atoms with van der Waals surface area (Å²) >= 11 is 0. The van der Waals surface area contributed by atoms with Gasteiger partial charge in [0.05, 0.1) is 25.9 Å². The molecule has 6 nitrogen and oxygen atoms in total. The molecule has 1 saturated heterocycles. The van der Waals surface area contributed by atoms with Crippen LogP contribution in [0.15, 0.2) is 24.3 Å². The first-order chi connectivity index (χ1) is 11.5. The van der Waals surface area contributed by atoms with Gasteiger partial charge in [-0.1, -0.05) is 18.2 Å². The molecule has 1 N–H and O–H groups in total. The molecule has 2 rings (SSSR count). The number of amides is 1. The van der Waals surface area contributed by atoms with Gasteiger partial charge in [0.1, 0.15) is 5.75 Å². The van der Waals surface area contributed by atoms with E-state index in [0.717, 1.165) is 30.9 Å². The number of likely N-dealkylation sites (N-methyl/N-ethyl adjacent to an activating group) is 1. The van der Waals surface area contributed by atoms with Crippen molar-refractivity contribution in [2.24, 2.45) is 0 Å². The van der Waals surface area contributed by atoms with Crippen LogP contribution < -0.4 is 10.1 Å². The zero-order valence-corrected chi connectivity index (χ0v) is 15.1. The molecule has 1 aliphatic rings. The average molecular weight is 335 g/mol. The molecule has 1 aromatic rings. The molecule has 0 aromatic heterocycles. The molecule has 24 heavy (non-hydrogen) atoms. The zero-order chi connectivity index (χ0) is 17.5. The van der Waals surface area contributed by atoms with Crippen molar-refractivity contribution in [2.45, 2.75) is 25.6 Å². The molecule has 0 spiro atoms. The minimum absolute atomic E-state index is 0.0337. The Kier molecular flexibility index (Phi) is 7.02. The van der Waals surface area contributed by atoms with E-state index < -0.39 is 0 Å². The maximum atomic E-state index is 12.5. The van der Waals surface area contributed by atoms with E-state index in [2.05, 4.69) is 15.1 Å². The number of morpholine rings is 1. The number of methoxy groups -OCH3 is 1. The average Bonchev–Trinajstić information content (AvgIpc) is 2.58. The Balaban J connectivity index is 1.87. The Bertz CT molecular complexity index is 536. The number of nitrogens with zero attached hydrogens (tertiary/aromatic N) is 2. The van der Waals surface area contributed by atoms with Gasteiger partial charge in [-0.15, -0.1) is 0 Å². The summed E-state index contributed by atoms with van der Waals surface area (Å²) in [5, 5.41) is 3.01. The van der Waals surface area contributed by atoms with Crippen LogP contribution in [0.1, 0.15) is 12.5 Å². The van der Waals surface area contributed by atoms with Gasteiger partial charge < -0.3 is 19.7 Å². The van der Waals surface area contributed by atoms with E-state index in [0.29, 0.717) is 13.2 Å². The molecule has 1 heterocycles. The van der Waals surface area contributed by atoms with Crippen LogP contribution in [0.5, 0.6) is 5.75 Å². The minimum atomic E-state index is -0.173. The van der Waals surface area contributed by atoms with Gasteiger partial charge in [-0.3, -0.25) is 9.69 Å². The number of para-hydroxylation sites is 1. The van der Waals surface area contributed by atoms with Gasteiger partial charge in [-0.05, 0) is 27.1 Å². The first-order valence-corrected chi connectivity index (χ1v) is 8.41. The number of carbonyl (C=O) groups is 1. The molecule has 2 atom stereocenters. The molecule has 0 aliphatic carbocycles. The monoisotopic (exact) mass is 335 g/mol. The van der Waals surface area contributed by atoms with Gasteiger partial charge in [-0.25, -0.2) is 0 Å². The first-order valence-electron chi connectivity index (χ1n) is 8.41. The van der Waals surface area contributed by atoms with Crippen LogP contribution in [0, 0.1) is 0 Å². The van der Waals surface area contributed by atoms with Gasteiger partial charge >= 0.3 is 0 Å². The van der Waals surface area contributed by atoms with Gasteiger partial charge in [-0.2, -0.15) is 0 Å². The lowest BCUT2D eigenvalue weighted by Crippen LogP contribution is -2.53.